The first-order valence-electron chi connectivity index (χ1n) is 9.56. The number of ether oxygens (including phenoxy) is 2. The van der Waals surface area contributed by atoms with Crippen LogP contribution in [0.25, 0.3) is 0 Å². The highest BCUT2D eigenvalue weighted by atomic mass is 19.1. The van der Waals surface area contributed by atoms with E-state index >= 15 is 0 Å². The average molecular weight is 397 g/mol. The van der Waals surface area contributed by atoms with Gasteiger partial charge in [0.2, 0.25) is 0 Å². The van der Waals surface area contributed by atoms with E-state index in [1.807, 2.05) is 30.2 Å². The van der Waals surface area contributed by atoms with Crippen LogP contribution >= 0.6 is 0 Å². The van der Waals surface area contributed by atoms with E-state index in [1.54, 1.807) is 12.3 Å². The molecule has 0 aromatic heterocycles. The van der Waals surface area contributed by atoms with Gasteiger partial charge in [0.25, 0.3) is 0 Å². The van der Waals surface area contributed by atoms with Crippen molar-refractivity contribution in [1.29, 1.82) is 5.26 Å². The molecule has 2 aliphatic heterocycles. The van der Waals surface area contributed by atoms with Crippen LogP contribution in [0.5, 0.6) is 5.75 Å². The number of rotatable bonds is 4. The molecule has 0 radical (unpaired) electrons. The van der Waals surface area contributed by atoms with Crippen molar-refractivity contribution in [2.24, 2.45) is 0 Å². The lowest BCUT2D eigenvalue weighted by Gasteiger charge is -2.36. The first-order valence-corrected chi connectivity index (χ1v) is 9.56. The van der Waals surface area contributed by atoms with Crippen molar-refractivity contribution in [2.75, 3.05) is 22.9 Å². The topological polar surface area (TPSA) is 48.7 Å². The molecule has 2 heterocycles. The molecule has 5 nitrogen and oxygen atoms in total. The van der Waals surface area contributed by atoms with E-state index in [0.29, 0.717) is 18.4 Å². The van der Waals surface area contributed by atoms with Crippen LogP contribution in [-0.4, -0.2) is 25.4 Å². The van der Waals surface area contributed by atoms with Gasteiger partial charge in [-0.15, -0.1) is 0 Å². The van der Waals surface area contributed by atoms with E-state index in [4.69, 9.17) is 9.47 Å². The molecule has 2 aliphatic rings. The van der Waals surface area contributed by atoms with E-state index in [9.17, 15) is 14.0 Å². The molecule has 0 aliphatic carbocycles. The quantitative estimate of drug-likeness (QED) is 0.758. The van der Waals surface area contributed by atoms with Gasteiger partial charge >= 0.3 is 0 Å². The van der Waals surface area contributed by atoms with Crippen LogP contribution in [0.2, 0.25) is 0 Å². The maximum absolute atomic E-state index is 13.9. The Kier molecular flexibility index (Phi) is 5.26. The fourth-order valence-corrected chi connectivity index (χ4v) is 3.71. The summed E-state index contributed by atoms with van der Waals surface area (Å²) in [5.41, 5.74) is 2.51. The highest BCUT2D eigenvalue weighted by molar-refractivity contribution is 5.75. The molecule has 0 amide bonds. The molecule has 0 N–H and O–H groups in total. The molecule has 0 spiro atoms. The lowest BCUT2D eigenvalue weighted by atomic mass is 10.0. The van der Waals surface area contributed by atoms with E-state index < -0.39 is 11.6 Å². The predicted molar refractivity (Wildman–Crippen MR) is 106 cm³/mol. The molecule has 0 saturated carbocycles. The number of hydrogen-bond donors (Lipinski definition) is 0. The van der Waals surface area contributed by atoms with Crippen LogP contribution in [0.15, 0.2) is 48.9 Å². The zero-order valence-corrected chi connectivity index (χ0v) is 16.0. The van der Waals surface area contributed by atoms with Gasteiger partial charge in [0, 0.05) is 38.2 Å². The number of nitriles is 1. The van der Waals surface area contributed by atoms with E-state index in [0.717, 1.165) is 30.5 Å². The molecule has 1 unspecified atom stereocenters. The molecule has 1 atom stereocenters. The van der Waals surface area contributed by atoms with Crippen LogP contribution < -0.4 is 14.5 Å². The Balaban J connectivity index is 1.48. The van der Waals surface area contributed by atoms with Crippen molar-refractivity contribution in [3.8, 4) is 11.8 Å². The third kappa shape index (κ3) is 3.97. The monoisotopic (exact) mass is 397 g/mol. The predicted octanol–water partition coefficient (Wildman–Crippen LogP) is 4.54. The van der Waals surface area contributed by atoms with Gasteiger partial charge in [-0.2, -0.15) is 5.26 Å². The normalized spacial score (nSPS) is 19.2. The minimum Gasteiger partial charge on any atom is -0.487 e. The van der Waals surface area contributed by atoms with Crippen molar-refractivity contribution >= 4 is 11.4 Å². The number of halogens is 2. The first-order chi connectivity index (χ1) is 14.0. The zero-order valence-electron chi connectivity index (χ0n) is 16.0. The Morgan fingerprint density at radius 2 is 1.90 bits per heavy atom. The van der Waals surface area contributed by atoms with Gasteiger partial charge in [0.1, 0.15) is 18.2 Å². The van der Waals surface area contributed by atoms with Crippen LogP contribution in [0.4, 0.5) is 20.2 Å². The number of piperidine rings is 1. The van der Waals surface area contributed by atoms with Crippen LogP contribution in [0, 0.1) is 23.0 Å². The molecule has 7 heteroatoms. The summed E-state index contributed by atoms with van der Waals surface area (Å²) in [6.07, 6.45) is 4.63. The minimum absolute atomic E-state index is 0.0806. The van der Waals surface area contributed by atoms with E-state index in [-0.39, 0.29) is 18.1 Å². The fourth-order valence-electron chi connectivity index (χ4n) is 3.71. The molecular weight excluding hydrogens is 376 g/mol. The summed E-state index contributed by atoms with van der Waals surface area (Å²) in [4.78, 5) is 4.23. The molecule has 4 rings (SSSR count). The Morgan fingerprint density at radius 3 is 2.55 bits per heavy atom. The molecule has 1 fully saturated rings. The minimum atomic E-state index is -0.684. The summed E-state index contributed by atoms with van der Waals surface area (Å²) in [6, 6.07) is 11.2. The maximum Gasteiger partial charge on any atom is 0.172 e. The summed E-state index contributed by atoms with van der Waals surface area (Å²) < 4.78 is 38.2. The molecule has 2 aromatic rings. The van der Waals surface area contributed by atoms with Crippen LogP contribution in [-0.2, 0) is 4.74 Å². The number of nitrogens with zero attached hydrogens (tertiary/aromatic N) is 3. The third-order valence-electron chi connectivity index (χ3n) is 5.24. The summed E-state index contributed by atoms with van der Waals surface area (Å²) in [6.45, 7) is 3.39. The van der Waals surface area contributed by atoms with Gasteiger partial charge in [-0.05, 0) is 37.3 Å². The summed E-state index contributed by atoms with van der Waals surface area (Å²) in [7, 11) is 0. The van der Waals surface area contributed by atoms with E-state index in [2.05, 4.69) is 11.0 Å². The highest BCUT2D eigenvalue weighted by Crippen LogP contribution is 2.36. The molecule has 2 aromatic carbocycles. The molecule has 150 valence electrons. The van der Waals surface area contributed by atoms with Gasteiger partial charge in [0.15, 0.2) is 17.8 Å². The standard InChI is InChI=1S/C22H21F2N3O2/c1-15-27(10-11-28-15)21-12-16(14-25)2-4-20(21)26-8-6-18(7-9-26)29-22-5-3-17(23)13-19(22)24/h2-5,10-13,15,18H,6-9H2,1H3. The smallest absolute Gasteiger partial charge is 0.172 e. The SMILES string of the molecule is CC1OC=CN1c1cc(C#N)ccc1N1CCC(Oc2ccc(F)cc2F)CC1. The number of hydrogen-bond acceptors (Lipinski definition) is 5. The Hall–Kier alpha value is -3.27. The second-order valence-electron chi connectivity index (χ2n) is 7.12. The first kappa shape index (κ1) is 19.1. The lowest BCUT2D eigenvalue weighted by Crippen LogP contribution is -2.39. The summed E-state index contributed by atoms with van der Waals surface area (Å²) >= 11 is 0. The number of anilines is 2. The molecule has 1 saturated heterocycles. The van der Waals surface area contributed by atoms with Crippen molar-refractivity contribution in [3.63, 3.8) is 0 Å². The Labute approximate surface area is 168 Å². The van der Waals surface area contributed by atoms with Gasteiger partial charge in [-0.1, -0.05) is 0 Å². The number of benzene rings is 2. The van der Waals surface area contributed by atoms with Crippen molar-refractivity contribution < 1.29 is 18.3 Å². The second-order valence-corrected chi connectivity index (χ2v) is 7.12. The van der Waals surface area contributed by atoms with Gasteiger partial charge in [0.05, 0.1) is 23.0 Å². The third-order valence-corrected chi connectivity index (χ3v) is 5.24. The molecule has 29 heavy (non-hydrogen) atoms. The zero-order chi connectivity index (χ0) is 20.4. The summed E-state index contributed by atoms with van der Waals surface area (Å²) in [5.74, 6) is -1.22. The fraction of sp³-hybridized carbons (Fsp3) is 0.318. The van der Waals surface area contributed by atoms with Gasteiger partial charge < -0.3 is 19.3 Å². The Bertz CT molecular complexity index is 965. The van der Waals surface area contributed by atoms with Crippen molar-refractivity contribution in [1.82, 2.24) is 0 Å². The summed E-state index contributed by atoms with van der Waals surface area (Å²) in [5, 5.41) is 9.28. The van der Waals surface area contributed by atoms with Crippen molar-refractivity contribution in [2.45, 2.75) is 32.1 Å². The van der Waals surface area contributed by atoms with Crippen molar-refractivity contribution in [3.05, 3.63) is 66.1 Å². The lowest BCUT2D eigenvalue weighted by molar-refractivity contribution is 0.163. The largest absolute Gasteiger partial charge is 0.487 e. The maximum atomic E-state index is 13.9. The molecule has 0 bridgehead atoms. The van der Waals surface area contributed by atoms with Crippen LogP contribution in [0.3, 0.4) is 0 Å². The Morgan fingerprint density at radius 1 is 1.10 bits per heavy atom. The second kappa shape index (κ2) is 8.00. The highest BCUT2D eigenvalue weighted by Gasteiger charge is 2.27. The van der Waals surface area contributed by atoms with Crippen LogP contribution in [0.1, 0.15) is 25.3 Å². The molecular formula is C22H21F2N3O2. The van der Waals surface area contributed by atoms with Gasteiger partial charge in [-0.25, -0.2) is 8.78 Å². The van der Waals surface area contributed by atoms with Gasteiger partial charge in [-0.3, -0.25) is 0 Å². The average Bonchev–Trinajstić information content (AvgIpc) is 3.16. The van der Waals surface area contributed by atoms with E-state index in [1.165, 1.54) is 12.1 Å².